The lowest BCUT2D eigenvalue weighted by Gasteiger charge is -2.23. The lowest BCUT2D eigenvalue weighted by atomic mass is 9.98. The Labute approximate surface area is 169 Å². The first kappa shape index (κ1) is 21.7. The summed E-state index contributed by atoms with van der Waals surface area (Å²) in [7, 11) is 0. The van der Waals surface area contributed by atoms with Crippen molar-refractivity contribution in [3.63, 3.8) is 0 Å². The number of urea groups is 1. The summed E-state index contributed by atoms with van der Waals surface area (Å²) in [5.74, 6) is -5.05. The van der Waals surface area contributed by atoms with Gasteiger partial charge in [0.15, 0.2) is 11.5 Å². The molecule has 1 aliphatic rings. The number of benzene rings is 1. The Hall–Kier alpha value is -3.02. The van der Waals surface area contributed by atoms with Crippen molar-refractivity contribution in [2.75, 3.05) is 6.54 Å². The fourth-order valence-electron chi connectivity index (χ4n) is 2.78. The zero-order valence-electron chi connectivity index (χ0n) is 14.6. The van der Waals surface area contributed by atoms with Crippen molar-refractivity contribution in [2.45, 2.75) is 18.3 Å². The van der Waals surface area contributed by atoms with Gasteiger partial charge in [-0.25, -0.2) is 22.9 Å². The quantitative estimate of drug-likeness (QED) is 0.492. The molecule has 2 atom stereocenters. The SMILES string of the molecule is O=C1NC[C@@H](C(=O)N[C@@H](c2cnc(C(F)(F)F)c(F)c2)c2ccc(F)c(Cl)c2F)N1. The van der Waals surface area contributed by atoms with Crippen LogP contribution in [0.2, 0.25) is 5.02 Å². The summed E-state index contributed by atoms with van der Waals surface area (Å²) in [5, 5.41) is 5.92. The number of rotatable bonds is 4. The topological polar surface area (TPSA) is 83.1 Å². The molecule has 160 valence electrons. The van der Waals surface area contributed by atoms with Crippen LogP contribution in [0.3, 0.4) is 0 Å². The van der Waals surface area contributed by atoms with Crippen molar-refractivity contribution in [3.8, 4) is 0 Å². The van der Waals surface area contributed by atoms with Crippen molar-refractivity contribution in [2.24, 2.45) is 0 Å². The lowest BCUT2D eigenvalue weighted by Crippen LogP contribution is -2.44. The molecule has 6 nitrogen and oxygen atoms in total. The van der Waals surface area contributed by atoms with Gasteiger partial charge in [0.1, 0.15) is 22.7 Å². The molecule has 1 aliphatic heterocycles. The molecule has 3 rings (SSSR count). The van der Waals surface area contributed by atoms with Gasteiger partial charge in [-0.15, -0.1) is 0 Å². The van der Waals surface area contributed by atoms with Crippen LogP contribution in [0.1, 0.15) is 22.9 Å². The fraction of sp³-hybridized carbons (Fsp3) is 0.235. The van der Waals surface area contributed by atoms with Crippen LogP contribution in [-0.2, 0) is 11.0 Å². The van der Waals surface area contributed by atoms with E-state index in [4.69, 9.17) is 11.6 Å². The van der Waals surface area contributed by atoms with Gasteiger partial charge in [0.05, 0.1) is 6.04 Å². The van der Waals surface area contributed by atoms with E-state index in [-0.39, 0.29) is 12.1 Å². The maximum absolute atomic E-state index is 14.6. The monoisotopic (exact) mass is 452 g/mol. The maximum Gasteiger partial charge on any atom is 0.436 e. The molecule has 30 heavy (non-hydrogen) atoms. The van der Waals surface area contributed by atoms with Crippen molar-refractivity contribution in [1.29, 1.82) is 0 Å². The van der Waals surface area contributed by atoms with Crippen LogP contribution in [-0.4, -0.2) is 29.5 Å². The highest BCUT2D eigenvalue weighted by Crippen LogP contribution is 2.33. The third kappa shape index (κ3) is 4.27. The van der Waals surface area contributed by atoms with Crippen molar-refractivity contribution in [3.05, 3.63) is 63.7 Å². The molecule has 1 aromatic heterocycles. The number of nitrogens with zero attached hydrogens (tertiary/aromatic N) is 1. The Kier molecular flexibility index (Phi) is 5.79. The third-order valence-corrected chi connectivity index (χ3v) is 4.56. The summed E-state index contributed by atoms with van der Waals surface area (Å²) < 4.78 is 80.4. The number of amides is 3. The van der Waals surface area contributed by atoms with E-state index in [1.54, 1.807) is 0 Å². The zero-order chi connectivity index (χ0) is 22.2. The summed E-state index contributed by atoms with van der Waals surface area (Å²) in [6.07, 6.45) is -4.48. The second-order valence-electron chi connectivity index (χ2n) is 6.21. The summed E-state index contributed by atoms with van der Waals surface area (Å²) in [6, 6.07) is -1.24. The largest absolute Gasteiger partial charge is 0.436 e. The van der Waals surface area contributed by atoms with Gasteiger partial charge in [0.2, 0.25) is 5.91 Å². The molecule has 1 aromatic carbocycles. The van der Waals surface area contributed by atoms with Gasteiger partial charge in [-0.2, -0.15) is 13.2 Å². The van der Waals surface area contributed by atoms with E-state index in [0.29, 0.717) is 12.3 Å². The standard InChI is InChI=1S/C17H11ClF6N4O2/c18-11-8(19)2-1-7(12(11)21)13(28-15(29)10-5-26-16(30)27-10)6-3-9(20)14(25-4-6)17(22,23)24/h1-4,10,13H,5H2,(H,28,29)(H2,26,27,30)/t10-,13-/m0/s1. The molecule has 3 amide bonds. The fourth-order valence-corrected chi connectivity index (χ4v) is 2.95. The number of hydrogen-bond acceptors (Lipinski definition) is 3. The minimum Gasteiger partial charge on any atom is -0.343 e. The Morgan fingerprint density at radius 1 is 1.23 bits per heavy atom. The molecule has 0 saturated carbocycles. The van der Waals surface area contributed by atoms with Crippen LogP contribution in [0.5, 0.6) is 0 Å². The highest BCUT2D eigenvalue weighted by atomic mass is 35.5. The first-order chi connectivity index (χ1) is 14.0. The van der Waals surface area contributed by atoms with Crippen molar-refractivity contribution in [1.82, 2.24) is 20.9 Å². The predicted molar refractivity (Wildman–Crippen MR) is 90.9 cm³/mol. The van der Waals surface area contributed by atoms with Gasteiger partial charge in [0, 0.05) is 23.9 Å². The smallest absolute Gasteiger partial charge is 0.343 e. The van der Waals surface area contributed by atoms with E-state index in [0.717, 1.165) is 12.1 Å². The molecule has 0 unspecified atom stereocenters. The third-order valence-electron chi connectivity index (χ3n) is 4.22. The molecule has 2 aromatic rings. The Bertz CT molecular complexity index is 1020. The molecule has 2 heterocycles. The van der Waals surface area contributed by atoms with E-state index in [1.807, 2.05) is 0 Å². The number of pyridine rings is 1. The number of nitrogens with one attached hydrogen (secondary N) is 3. The highest BCUT2D eigenvalue weighted by molar-refractivity contribution is 6.31. The van der Waals surface area contributed by atoms with Crippen LogP contribution in [0, 0.1) is 17.5 Å². The minimum absolute atomic E-state index is 0.121. The normalized spacial score (nSPS) is 17.3. The van der Waals surface area contributed by atoms with E-state index in [1.165, 1.54) is 0 Å². The second-order valence-corrected chi connectivity index (χ2v) is 6.59. The van der Waals surface area contributed by atoms with Crippen LogP contribution in [0.15, 0.2) is 24.4 Å². The molecule has 0 spiro atoms. The van der Waals surface area contributed by atoms with Crippen LogP contribution in [0.4, 0.5) is 31.1 Å². The average molecular weight is 453 g/mol. The number of halogens is 7. The molecule has 1 fully saturated rings. The van der Waals surface area contributed by atoms with Gasteiger partial charge in [-0.3, -0.25) is 4.79 Å². The number of carbonyl (C=O) groups excluding carboxylic acids is 2. The zero-order valence-corrected chi connectivity index (χ0v) is 15.3. The maximum atomic E-state index is 14.6. The van der Waals surface area contributed by atoms with Crippen molar-refractivity contribution < 1.29 is 35.9 Å². The molecule has 0 aliphatic carbocycles. The molecular formula is C17H11ClF6N4O2. The number of alkyl halides is 3. The first-order valence-corrected chi connectivity index (χ1v) is 8.57. The van der Waals surface area contributed by atoms with E-state index >= 15 is 0 Å². The average Bonchev–Trinajstić information content (AvgIpc) is 3.10. The Morgan fingerprint density at radius 2 is 1.93 bits per heavy atom. The van der Waals surface area contributed by atoms with Crippen LogP contribution in [0.25, 0.3) is 0 Å². The number of carbonyl (C=O) groups is 2. The van der Waals surface area contributed by atoms with Gasteiger partial charge in [-0.05, 0) is 12.1 Å². The van der Waals surface area contributed by atoms with Gasteiger partial charge >= 0.3 is 12.2 Å². The van der Waals surface area contributed by atoms with Gasteiger partial charge in [-0.1, -0.05) is 17.7 Å². The van der Waals surface area contributed by atoms with E-state index in [9.17, 15) is 35.9 Å². The molecule has 1 saturated heterocycles. The lowest BCUT2D eigenvalue weighted by molar-refractivity contribution is -0.143. The highest BCUT2D eigenvalue weighted by Gasteiger charge is 2.37. The van der Waals surface area contributed by atoms with E-state index in [2.05, 4.69) is 20.9 Å². The number of aromatic nitrogens is 1. The summed E-state index contributed by atoms with van der Waals surface area (Å²) >= 11 is 5.55. The summed E-state index contributed by atoms with van der Waals surface area (Å²) in [4.78, 5) is 26.7. The molecule has 0 radical (unpaired) electrons. The Morgan fingerprint density at radius 3 is 2.50 bits per heavy atom. The summed E-state index contributed by atoms with van der Waals surface area (Å²) in [5.41, 5.74) is -2.62. The van der Waals surface area contributed by atoms with Crippen LogP contribution < -0.4 is 16.0 Å². The second kappa shape index (κ2) is 8.01. The first-order valence-electron chi connectivity index (χ1n) is 8.19. The Balaban J connectivity index is 2.04. The molecule has 13 heteroatoms. The van der Waals surface area contributed by atoms with Crippen molar-refractivity contribution >= 4 is 23.5 Å². The summed E-state index contributed by atoms with van der Waals surface area (Å²) in [6.45, 7) is -0.121. The predicted octanol–water partition coefficient (Wildman–Crippen LogP) is 3.06. The van der Waals surface area contributed by atoms with Gasteiger partial charge < -0.3 is 16.0 Å². The van der Waals surface area contributed by atoms with Gasteiger partial charge in [0.25, 0.3) is 0 Å². The number of hydrogen-bond donors (Lipinski definition) is 3. The molecular weight excluding hydrogens is 442 g/mol. The van der Waals surface area contributed by atoms with Crippen LogP contribution >= 0.6 is 11.6 Å². The molecule has 3 N–H and O–H groups in total. The minimum atomic E-state index is -5.08. The molecule has 0 bridgehead atoms. The van der Waals surface area contributed by atoms with E-state index < -0.39 is 63.9 Å².